The Kier molecular flexibility index (Phi) is 5.98. The molecule has 0 saturated heterocycles. The summed E-state index contributed by atoms with van der Waals surface area (Å²) in [5.74, 6) is 0. The van der Waals surface area contributed by atoms with Crippen molar-refractivity contribution in [2.24, 2.45) is 0 Å². The molecule has 6 heteroatoms. The molecule has 1 N–H and O–H groups in total. The molecule has 0 radical (unpaired) electrons. The van der Waals surface area contributed by atoms with Crippen molar-refractivity contribution in [3.05, 3.63) is 30.3 Å². The maximum atomic E-state index is 12.0. The third-order valence-corrected chi connectivity index (χ3v) is 5.20. The van der Waals surface area contributed by atoms with Gasteiger partial charge in [0.25, 0.3) is 10.2 Å². The van der Waals surface area contributed by atoms with E-state index in [0.717, 1.165) is 5.69 Å². The molecule has 5 nitrogen and oxygen atoms in total. The SMILES string of the molecule is CC(CNS(=O)(=O)N(C)C(C)C)N(C)c1ccccc1. The fraction of sp³-hybridized carbons (Fsp3) is 0.571. The van der Waals surface area contributed by atoms with E-state index >= 15 is 0 Å². The van der Waals surface area contributed by atoms with Crippen LogP contribution in [0.15, 0.2) is 30.3 Å². The van der Waals surface area contributed by atoms with Crippen LogP contribution in [0.2, 0.25) is 0 Å². The average molecular weight is 299 g/mol. The quantitative estimate of drug-likeness (QED) is 0.833. The first-order chi connectivity index (χ1) is 9.25. The van der Waals surface area contributed by atoms with Gasteiger partial charge in [0.2, 0.25) is 0 Å². The van der Waals surface area contributed by atoms with Gasteiger partial charge in [-0.3, -0.25) is 0 Å². The molecule has 0 heterocycles. The van der Waals surface area contributed by atoms with Gasteiger partial charge in [-0.05, 0) is 32.9 Å². The molecule has 1 aromatic carbocycles. The Balaban J connectivity index is 2.62. The number of hydrogen-bond acceptors (Lipinski definition) is 3. The fourth-order valence-electron chi connectivity index (χ4n) is 1.66. The van der Waals surface area contributed by atoms with Crippen molar-refractivity contribution in [3.8, 4) is 0 Å². The van der Waals surface area contributed by atoms with Crippen molar-refractivity contribution in [2.45, 2.75) is 32.9 Å². The maximum absolute atomic E-state index is 12.0. The van der Waals surface area contributed by atoms with E-state index in [1.165, 1.54) is 4.31 Å². The normalized spacial score (nSPS) is 13.8. The summed E-state index contributed by atoms with van der Waals surface area (Å²) in [6.45, 7) is 6.05. The van der Waals surface area contributed by atoms with Crippen LogP contribution >= 0.6 is 0 Å². The lowest BCUT2D eigenvalue weighted by Gasteiger charge is -2.28. The third-order valence-electron chi connectivity index (χ3n) is 3.49. The van der Waals surface area contributed by atoms with E-state index in [2.05, 4.69) is 9.62 Å². The van der Waals surface area contributed by atoms with Crippen LogP contribution in [-0.2, 0) is 10.2 Å². The number of nitrogens with zero attached hydrogens (tertiary/aromatic N) is 2. The molecule has 0 fully saturated rings. The van der Waals surface area contributed by atoms with Crippen molar-refractivity contribution in [2.75, 3.05) is 25.5 Å². The number of hydrogen-bond donors (Lipinski definition) is 1. The second-order valence-corrected chi connectivity index (χ2v) is 7.07. The van der Waals surface area contributed by atoms with Gasteiger partial charge in [-0.25, -0.2) is 4.72 Å². The highest BCUT2D eigenvalue weighted by molar-refractivity contribution is 7.87. The third kappa shape index (κ3) is 4.47. The van der Waals surface area contributed by atoms with E-state index in [1.807, 2.05) is 58.2 Å². The predicted octanol–water partition coefficient (Wildman–Crippen LogP) is 1.69. The molecular weight excluding hydrogens is 274 g/mol. The Labute approximate surface area is 122 Å². The summed E-state index contributed by atoms with van der Waals surface area (Å²) >= 11 is 0. The van der Waals surface area contributed by atoms with E-state index in [1.54, 1.807) is 7.05 Å². The zero-order chi connectivity index (χ0) is 15.3. The summed E-state index contributed by atoms with van der Waals surface area (Å²) in [6.07, 6.45) is 0. The van der Waals surface area contributed by atoms with Gasteiger partial charge in [-0.2, -0.15) is 12.7 Å². The Morgan fingerprint density at radius 3 is 2.15 bits per heavy atom. The van der Waals surface area contributed by atoms with Gasteiger partial charge in [0, 0.05) is 38.4 Å². The van der Waals surface area contributed by atoms with Crippen LogP contribution in [0.25, 0.3) is 0 Å². The summed E-state index contributed by atoms with van der Waals surface area (Å²) in [5.41, 5.74) is 1.07. The minimum absolute atomic E-state index is 0.0605. The van der Waals surface area contributed by atoms with Crippen molar-refractivity contribution >= 4 is 15.9 Å². The molecule has 0 amide bonds. The first-order valence-electron chi connectivity index (χ1n) is 6.76. The molecule has 114 valence electrons. The first kappa shape index (κ1) is 16.9. The van der Waals surface area contributed by atoms with Crippen LogP contribution in [0, 0.1) is 0 Å². The molecule has 1 rings (SSSR count). The number of nitrogens with one attached hydrogen (secondary N) is 1. The van der Waals surface area contributed by atoms with E-state index < -0.39 is 10.2 Å². The highest BCUT2D eigenvalue weighted by Gasteiger charge is 2.21. The summed E-state index contributed by atoms with van der Waals surface area (Å²) in [4.78, 5) is 2.05. The van der Waals surface area contributed by atoms with Crippen LogP contribution in [-0.4, -0.2) is 45.4 Å². The van der Waals surface area contributed by atoms with Gasteiger partial charge in [-0.15, -0.1) is 0 Å². The lowest BCUT2D eigenvalue weighted by molar-refractivity contribution is 0.401. The molecule has 0 aliphatic carbocycles. The second-order valence-electron chi connectivity index (χ2n) is 5.26. The van der Waals surface area contributed by atoms with Gasteiger partial charge >= 0.3 is 0 Å². The Morgan fingerprint density at radius 1 is 1.10 bits per heavy atom. The molecule has 1 aromatic rings. The zero-order valence-electron chi connectivity index (χ0n) is 12.9. The van der Waals surface area contributed by atoms with Gasteiger partial charge in [0.15, 0.2) is 0 Å². The second kappa shape index (κ2) is 7.06. The molecule has 0 bridgehead atoms. The molecule has 0 aliphatic heterocycles. The molecule has 0 spiro atoms. The van der Waals surface area contributed by atoms with E-state index in [4.69, 9.17) is 0 Å². The van der Waals surface area contributed by atoms with Gasteiger partial charge < -0.3 is 4.90 Å². The molecular formula is C14H25N3O2S. The van der Waals surface area contributed by atoms with Gasteiger partial charge in [0.05, 0.1) is 0 Å². The topological polar surface area (TPSA) is 52.7 Å². The lowest BCUT2D eigenvalue weighted by Crippen LogP contribution is -2.46. The number of benzene rings is 1. The first-order valence-corrected chi connectivity index (χ1v) is 8.20. The van der Waals surface area contributed by atoms with E-state index in [0.29, 0.717) is 6.54 Å². The summed E-state index contributed by atoms with van der Waals surface area (Å²) < 4.78 is 28.0. The largest absolute Gasteiger partial charge is 0.371 e. The van der Waals surface area contributed by atoms with Gasteiger partial charge in [-0.1, -0.05) is 18.2 Å². The molecule has 1 unspecified atom stereocenters. The molecule has 1 atom stereocenters. The Bertz CT molecular complexity index is 502. The Hall–Kier alpha value is -1.11. The summed E-state index contributed by atoms with van der Waals surface area (Å²) in [7, 11) is 0.127. The van der Waals surface area contributed by atoms with Crippen LogP contribution < -0.4 is 9.62 Å². The van der Waals surface area contributed by atoms with Crippen molar-refractivity contribution < 1.29 is 8.42 Å². The van der Waals surface area contributed by atoms with E-state index in [-0.39, 0.29) is 12.1 Å². The molecule has 0 saturated carbocycles. The minimum atomic E-state index is -3.41. The minimum Gasteiger partial charge on any atom is -0.371 e. The number of likely N-dealkylation sites (N-methyl/N-ethyl adjacent to an activating group) is 1. The zero-order valence-corrected chi connectivity index (χ0v) is 13.7. The summed E-state index contributed by atoms with van der Waals surface area (Å²) in [6, 6.07) is 9.91. The highest BCUT2D eigenvalue weighted by atomic mass is 32.2. The Morgan fingerprint density at radius 2 is 1.65 bits per heavy atom. The van der Waals surface area contributed by atoms with Crippen molar-refractivity contribution in [3.63, 3.8) is 0 Å². The average Bonchev–Trinajstić information content (AvgIpc) is 2.44. The highest BCUT2D eigenvalue weighted by Crippen LogP contribution is 2.13. The summed E-state index contributed by atoms with van der Waals surface area (Å²) in [5, 5.41) is 0. The number of para-hydroxylation sites is 1. The fourth-order valence-corrected chi connectivity index (χ4v) is 2.87. The maximum Gasteiger partial charge on any atom is 0.279 e. The smallest absolute Gasteiger partial charge is 0.279 e. The molecule has 0 aliphatic rings. The molecule has 20 heavy (non-hydrogen) atoms. The van der Waals surface area contributed by atoms with Crippen LogP contribution in [0.5, 0.6) is 0 Å². The predicted molar refractivity (Wildman–Crippen MR) is 84.1 cm³/mol. The lowest BCUT2D eigenvalue weighted by atomic mass is 10.2. The van der Waals surface area contributed by atoms with Gasteiger partial charge in [0.1, 0.15) is 0 Å². The number of anilines is 1. The van der Waals surface area contributed by atoms with E-state index in [9.17, 15) is 8.42 Å². The monoisotopic (exact) mass is 299 g/mol. The van der Waals surface area contributed by atoms with Crippen LogP contribution in [0.3, 0.4) is 0 Å². The number of rotatable bonds is 7. The van der Waals surface area contributed by atoms with Crippen LogP contribution in [0.1, 0.15) is 20.8 Å². The van der Waals surface area contributed by atoms with Crippen LogP contribution in [0.4, 0.5) is 5.69 Å². The standard InChI is InChI=1S/C14H25N3O2S/c1-12(2)17(5)20(18,19)15-11-13(3)16(4)14-9-7-6-8-10-14/h6-10,12-13,15H,11H2,1-5H3. The van der Waals surface area contributed by atoms with Crippen molar-refractivity contribution in [1.82, 2.24) is 9.03 Å². The molecule has 0 aromatic heterocycles. The van der Waals surface area contributed by atoms with Crippen molar-refractivity contribution in [1.29, 1.82) is 0 Å².